The van der Waals surface area contributed by atoms with Crippen LogP contribution in [0.1, 0.15) is 316 Å². The zero-order valence-electron chi connectivity index (χ0n) is 54.0. The van der Waals surface area contributed by atoms with Crippen LogP contribution in [0.5, 0.6) is 0 Å². The molecule has 0 spiro atoms. The lowest BCUT2D eigenvalue weighted by Crippen LogP contribution is -2.45. The Morgan fingerprint density at radius 1 is 0.444 bits per heavy atom. The van der Waals surface area contributed by atoms with Crippen molar-refractivity contribution in [3.63, 3.8) is 0 Å². The maximum Gasteiger partial charge on any atom is 0.268 e. The van der Waals surface area contributed by atoms with E-state index >= 15 is 0 Å². The minimum absolute atomic E-state index is 0.00666. The SMILES string of the molecule is CC/C=C\C/C=C\C/C=C\C/C=C\C/C=C\CCCCCCCCCCCCCCCCCCCCCCCCCC(=O)NC(COP(=O)([O-])OCC[N+](C)(C)C)C(O)/C=C/CC/C=C/CCCCCCCCCCCCCCCC. The normalized spacial score (nSPS) is 14.2. The van der Waals surface area contributed by atoms with Crippen LogP contribution in [0.2, 0.25) is 0 Å². The van der Waals surface area contributed by atoms with Gasteiger partial charge in [-0.3, -0.25) is 9.36 Å². The molecule has 81 heavy (non-hydrogen) atoms. The summed E-state index contributed by atoms with van der Waals surface area (Å²) in [6.45, 7) is 4.55. The molecule has 3 atom stereocenters. The van der Waals surface area contributed by atoms with Gasteiger partial charge in [-0.25, -0.2) is 0 Å². The minimum atomic E-state index is -4.61. The van der Waals surface area contributed by atoms with Gasteiger partial charge in [0.15, 0.2) is 0 Å². The van der Waals surface area contributed by atoms with E-state index in [9.17, 15) is 19.4 Å². The van der Waals surface area contributed by atoms with E-state index in [1.807, 2.05) is 27.2 Å². The number of carbonyl (C=O) groups excluding carboxylic acids is 1. The van der Waals surface area contributed by atoms with Gasteiger partial charge in [0.25, 0.3) is 7.82 Å². The lowest BCUT2D eigenvalue weighted by Gasteiger charge is -2.29. The number of nitrogens with zero attached hydrogens (tertiary/aromatic N) is 1. The van der Waals surface area contributed by atoms with Gasteiger partial charge in [0.05, 0.1) is 39.9 Å². The standard InChI is InChI=1S/C72H133N2O6P/c1-6-8-10-12-14-16-18-20-22-24-26-28-29-30-31-32-33-34-35-36-37-38-39-40-41-42-43-44-45-46-48-50-52-54-56-58-60-62-64-66-72(76)73-70(69-80-81(77,78)79-68-67-74(3,4)5)71(75)65-63-61-59-57-55-53-51-49-47-27-25-23-21-19-17-15-13-11-9-7-2/h8,10,14,16,20,22,26,28,30-31,55,57,63,65,70-71,75H,6-7,9,11-13,15,17-19,21,23-25,27,29,32-54,56,58-62,64,66-69H2,1-5H3,(H-,73,76,77,78)/b10-8-,16-14-,22-20-,28-26-,31-30-,57-55+,65-63+. The highest BCUT2D eigenvalue weighted by molar-refractivity contribution is 7.45. The Labute approximate surface area is 503 Å². The van der Waals surface area contributed by atoms with Crippen LogP contribution in [-0.2, 0) is 18.4 Å². The van der Waals surface area contributed by atoms with Crippen LogP contribution < -0.4 is 10.2 Å². The predicted octanol–water partition coefficient (Wildman–Crippen LogP) is 21.3. The van der Waals surface area contributed by atoms with Crippen LogP contribution in [0.25, 0.3) is 0 Å². The number of carbonyl (C=O) groups is 1. The molecule has 0 rings (SSSR count). The van der Waals surface area contributed by atoms with Crippen molar-refractivity contribution in [2.75, 3.05) is 40.9 Å². The van der Waals surface area contributed by atoms with Gasteiger partial charge in [-0.1, -0.05) is 317 Å². The van der Waals surface area contributed by atoms with Crippen LogP contribution >= 0.6 is 7.82 Å². The topological polar surface area (TPSA) is 108 Å². The van der Waals surface area contributed by atoms with E-state index in [0.29, 0.717) is 17.4 Å². The number of phosphoric acid groups is 1. The van der Waals surface area contributed by atoms with E-state index in [0.717, 1.165) is 70.6 Å². The van der Waals surface area contributed by atoms with E-state index in [2.05, 4.69) is 92.1 Å². The first-order valence-corrected chi connectivity index (χ1v) is 35.9. The van der Waals surface area contributed by atoms with Gasteiger partial charge in [0.1, 0.15) is 13.2 Å². The van der Waals surface area contributed by atoms with Crippen LogP contribution in [0.4, 0.5) is 0 Å². The third kappa shape index (κ3) is 65.1. The largest absolute Gasteiger partial charge is 0.756 e. The molecular formula is C72H133N2O6P. The average Bonchev–Trinajstić information content (AvgIpc) is 3.43. The summed E-state index contributed by atoms with van der Waals surface area (Å²) in [6.07, 6.45) is 88.5. The molecule has 0 aromatic rings. The van der Waals surface area contributed by atoms with E-state index in [4.69, 9.17) is 9.05 Å². The first-order valence-electron chi connectivity index (χ1n) is 34.4. The smallest absolute Gasteiger partial charge is 0.268 e. The molecule has 8 nitrogen and oxygen atoms in total. The summed E-state index contributed by atoms with van der Waals surface area (Å²) in [4.78, 5) is 25.6. The fourth-order valence-corrected chi connectivity index (χ4v) is 10.7. The highest BCUT2D eigenvalue weighted by Crippen LogP contribution is 2.38. The van der Waals surface area contributed by atoms with E-state index < -0.39 is 26.6 Å². The molecule has 0 aliphatic heterocycles. The van der Waals surface area contributed by atoms with Gasteiger partial charge in [0.2, 0.25) is 5.91 Å². The maximum atomic E-state index is 13.0. The zero-order chi connectivity index (χ0) is 59.1. The zero-order valence-corrected chi connectivity index (χ0v) is 54.9. The Hall–Kier alpha value is -2.32. The van der Waals surface area contributed by atoms with Crippen molar-refractivity contribution < 1.29 is 32.9 Å². The molecule has 1 amide bonds. The molecule has 0 aromatic heterocycles. The van der Waals surface area contributed by atoms with Crippen LogP contribution in [0, 0.1) is 0 Å². The van der Waals surface area contributed by atoms with E-state index in [1.54, 1.807) is 6.08 Å². The minimum Gasteiger partial charge on any atom is -0.756 e. The van der Waals surface area contributed by atoms with E-state index in [-0.39, 0.29) is 12.5 Å². The number of quaternary nitrogens is 1. The molecule has 0 heterocycles. The van der Waals surface area contributed by atoms with Crippen molar-refractivity contribution in [3.05, 3.63) is 85.1 Å². The van der Waals surface area contributed by atoms with Gasteiger partial charge in [-0.15, -0.1) is 0 Å². The Balaban J connectivity index is 3.99. The number of nitrogens with one attached hydrogen (secondary N) is 1. The second-order valence-electron chi connectivity index (χ2n) is 24.5. The lowest BCUT2D eigenvalue weighted by molar-refractivity contribution is -0.870. The Morgan fingerprint density at radius 2 is 0.765 bits per heavy atom. The third-order valence-corrected chi connectivity index (χ3v) is 16.3. The molecule has 9 heteroatoms. The summed E-state index contributed by atoms with van der Waals surface area (Å²) in [5.41, 5.74) is 0. The number of hydrogen-bond donors (Lipinski definition) is 2. The van der Waals surface area contributed by atoms with Gasteiger partial charge in [-0.2, -0.15) is 0 Å². The molecule has 0 aliphatic rings. The third-order valence-electron chi connectivity index (χ3n) is 15.3. The molecule has 0 aromatic carbocycles. The highest BCUT2D eigenvalue weighted by Gasteiger charge is 2.23. The molecule has 0 aliphatic carbocycles. The Bertz CT molecular complexity index is 1600. The van der Waals surface area contributed by atoms with Crippen molar-refractivity contribution in [3.8, 4) is 0 Å². The molecular weight excluding hydrogens is 1020 g/mol. The van der Waals surface area contributed by atoms with Gasteiger partial charge in [-0.05, 0) is 77.0 Å². The summed E-state index contributed by atoms with van der Waals surface area (Å²) in [6, 6.07) is -0.905. The van der Waals surface area contributed by atoms with Crippen LogP contribution in [-0.4, -0.2) is 68.5 Å². The average molecular weight is 1150 g/mol. The summed E-state index contributed by atoms with van der Waals surface area (Å²) >= 11 is 0. The molecule has 0 saturated carbocycles. The van der Waals surface area contributed by atoms with Gasteiger partial charge in [0, 0.05) is 6.42 Å². The maximum absolute atomic E-state index is 13.0. The first-order chi connectivity index (χ1) is 39.5. The number of aliphatic hydroxyl groups is 1. The number of hydrogen-bond acceptors (Lipinski definition) is 6. The Morgan fingerprint density at radius 3 is 1.15 bits per heavy atom. The van der Waals surface area contributed by atoms with Crippen molar-refractivity contribution >= 4 is 13.7 Å². The van der Waals surface area contributed by atoms with Crippen molar-refractivity contribution in [1.82, 2.24) is 5.32 Å². The summed E-state index contributed by atoms with van der Waals surface area (Å²) in [5, 5.41) is 13.9. The number of unbranched alkanes of at least 4 members (excludes halogenated alkanes) is 38. The Kier molecular flexibility index (Phi) is 60.4. The van der Waals surface area contributed by atoms with Gasteiger partial charge >= 0.3 is 0 Å². The summed E-state index contributed by atoms with van der Waals surface area (Å²) in [7, 11) is 1.25. The highest BCUT2D eigenvalue weighted by atomic mass is 31.2. The molecule has 0 fully saturated rings. The first kappa shape index (κ1) is 78.7. The molecule has 472 valence electrons. The van der Waals surface area contributed by atoms with Crippen molar-refractivity contribution in [1.29, 1.82) is 0 Å². The fraction of sp³-hybridized carbons (Fsp3) is 0.792. The number of amides is 1. The van der Waals surface area contributed by atoms with Crippen molar-refractivity contribution in [2.45, 2.75) is 328 Å². The van der Waals surface area contributed by atoms with Crippen LogP contribution in [0.15, 0.2) is 85.1 Å². The summed E-state index contributed by atoms with van der Waals surface area (Å²) in [5.74, 6) is -0.203. The molecule has 0 saturated heterocycles. The number of phosphoric ester groups is 1. The van der Waals surface area contributed by atoms with E-state index in [1.165, 1.54) is 225 Å². The molecule has 0 radical (unpaired) electrons. The van der Waals surface area contributed by atoms with Crippen molar-refractivity contribution in [2.24, 2.45) is 0 Å². The number of aliphatic hydroxyl groups excluding tert-OH is 1. The number of likely N-dealkylation sites (N-methyl/N-ethyl adjacent to an activating group) is 1. The quantitative estimate of drug-likeness (QED) is 0.0272. The number of rotatable bonds is 63. The second kappa shape index (κ2) is 62.2. The van der Waals surface area contributed by atoms with Crippen LogP contribution in [0.3, 0.4) is 0 Å². The predicted molar refractivity (Wildman–Crippen MR) is 353 cm³/mol. The molecule has 3 unspecified atom stereocenters. The number of allylic oxidation sites excluding steroid dienone is 13. The van der Waals surface area contributed by atoms with Gasteiger partial charge < -0.3 is 28.8 Å². The fourth-order valence-electron chi connectivity index (χ4n) is 10.0. The molecule has 2 N–H and O–H groups in total. The summed E-state index contributed by atoms with van der Waals surface area (Å²) < 4.78 is 23.4. The monoisotopic (exact) mass is 1150 g/mol. The lowest BCUT2D eigenvalue weighted by atomic mass is 10.0. The molecule has 0 bridgehead atoms. The second-order valence-corrected chi connectivity index (χ2v) is 25.9.